The van der Waals surface area contributed by atoms with Gasteiger partial charge in [-0.1, -0.05) is 67.2 Å². The highest BCUT2D eigenvalue weighted by Crippen LogP contribution is 2.26. The summed E-state index contributed by atoms with van der Waals surface area (Å²) in [7, 11) is 0. The molecule has 0 spiro atoms. The minimum atomic E-state index is 0.868. The first-order chi connectivity index (χ1) is 6.97. The van der Waals surface area contributed by atoms with Crippen molar-refractivity contribution < 1.29 is 0 Å². The van der Waals surface area contributed by atoms with E-state index in [2.05, 4.69) is 41.5 Å². The van der Waals surface area contributed by atoms with Gasteiger partial charge in [-0.15, -0.1) is 0 Å². The van der Waals surface area contributed by atoms with E-state index in [1.165, 1.54) is 32.1 Å². The zero-order valence-corrected chi connectivity index (χ0v) is 11.8. The average molecular weight is 212 g/mol. The summed E-state index contributed by atoms with van der Waals surface area (Å²) in [6.07, 6.45) is 6.98. The Bertz CT molecular complexity index is 137. The molecule has 0 radical (unpaired) electrons. The molecule has 3 atom stereocenters. The van der Waals surface area contributed by atoms with Crippen molar-refractivity contribution in [2.75, 3.05) is 0 Å². The third-order valence-electron chi connectivity index (χ3n) is 3.73. The number of rotatable bonds is 8. The van der Waals surface area contributed by atoms with Crippen LogP contribution in [0, 0.1) is 23.7 Å². The Morgan fingerprint density at radius 3 is 1.80 bits per heavy atom. The molecule has 0 nitrogen and oxygen atoms in total. The van der Waals surface area contributed by atoms with Crippen LogP contribution in [-0.4, -0.2) is 0 Å². The van der Waals surface area contributed by atoms with Crippen LogP contribution in [0.4, 0.5) is 0 Å². The third-order valence-corrected chi connectivity index (χ3v) is 3.73. The molecule has 0 aromatic carbocycles. The summed E-state index contributed by atoms with van der Waals surface area (Å²) in [5.41, 5.74) is 0. The van der Waals surface area contributed by atoms with Crippen LogP contribution < -0.4 is 0 Å². The molecular formula is C15H32. The van der Waals surface area contributed by atoms with Gasteiger partial charge in [-0.2, -0.15) is 0 Å². The van der Waals surface area contributed by atoms with E-state index in [1.807, 2.05) is 0 Å². The summed E-state index contributed by atoms with van der Waals surface area (Å²) in [5, 5.41) is 0. The normalized spacial score (nSPS) is 17.8. The molecule has 0 fully saturated rings. The van der Waals surface area contributed by atoms with Gasteiger partial charge in [-0.25, -0.2) is 0 Å². The molecule has 0 aromatic heterocycles. The largest absolute Gasteiger partial charge is 0.0654 e. The maximum absolute atomic E-state index is 2.44. The van der Waals surface area contributed by atoms with Crippen molar-refractivity contribution in [1.29, 1.82) is 0 Å². The Morgan fingerprint density at radius 1 is 0.733 bits per heavy atom. The molecule has 15 heavy (non-hydrogen) atoms. The Hall–Kier alpha value is 0. The molecule has 0 aromatic rings. The molecular weight excluding hydrogens is 180 g/mol. The SMILES string of the molecule is CCCC(C)CC(C)C(C)CCC(C)C. The number of hydrogen-bond donors (Lipinski definition) is 0. The molecule has 0 aliphatic heterocycles. The smallest absolute Gasteiger partial charge is 0.0414 e. The molecule has 0 N–H and O–H groups in total. The summed E-state index contributed by atoms with van der Waals surface area (Å²) in [5.74, 6) is 3.61. The second-order valence-electron chi connectivity index (χ2n) is 6.06. The minimum Gasteiger partial charge on any atom is -0.0654 e. The fourth-order valence-corrected chi connectivity index (χ4v) is 2.36. The van der Waals surface area contributed by atoms with Crippen LogP contribution in [0.25, 0.3) is 0 Å². The summed E-state index contributed by atoms with van der Waals surface area (Å²) in [6.45, 7) is 14.2. The molecule has 0 aliphatic rings. The van der Waals surface area contributed by atoms with Gasteiger partial charge < -0.3 is 0 Å². The van der Waals surface area contributed by atoms with Crippen LogP contribution in [0.15, 0.2) is 0 Å². The Balaban J connectivity index is 3.72. The van der Waals surface area contributed by atoms with Gasteiger partial charge in [0, 0.05) is 0 Å². The van der Waals surface area contributed by atoms with Crippen molar-refractivity contribution >= 4 is 0 Å². The predicted molar refractivity (Wildman–Crippen MR) is 71.1 cm³/mol. The van der Waals surface area contributed by atoms with Crippen LogP contribution in [0.2, 0.25) is 0 Å². The predicted octanol–water partition coefficient (Wildman–Crippen LogP) is 5.52. The van der Waals surface area contributed by atoms with Gasteiger partial charge in [0.25, 0.3) is 0 Å². The molecule has 0 bridgehead atoms. The first kappa shape index (κ1) is 15.0. The van der Waals surface area contributed by atoms with Crippen molar-refractivity contribution in [3.05, 3.63) is 0 Å². The fraction of sp³-hybridized carbons (Fsp3) is 1.00. The standard InChI is InChI=1S/C15H32/c1-7-8-13(4)11-15(6)14(5)10-9-12(2)3/h12-15H,7-11H2,1-6H3. The molecule has 3 unspecified atom stereocenters. The third kappa shape index (κ3) is 7.88. The summed E-state index contributed by atoms with van der Waals surface area (Å²) < 4.78 is 0. The van der Waals surface area contributed by atoms with Crippen LogP contribution >= 0.6 is 0 Å². The van der Waals surface area contributed by atoms with E-state index in [9.17, 15) is 0 Å². The molecule has 92 valence electrons. The molecule has 0 heteroatoms. The Morgan fingerprint density at radius 2 is 1.33 bits per heavy atom. The van der Waals surface area contributed by atoms with Gasteiger partial charge in [-0.05, 0) is 30.1 Å². The van der Waals surface area contributed by atoms with Crippen molar-refractivity contribution in [2.24, 2.45) is 23.7 Å². The highest BCUT2D eigenvalue weighted by molar-refractivity contribution is 4.66. The lowest BCUT2D eigenvalue weighted by Crippen LogP contribution is -2.12. The Kier molecular flexibility index (Phi) is 8.19. The minimum absolute atomic E-state index is 0.868. The van der Waals surface area contributed by atoms with Gasteiger partial charge >= 0.3 is 0 Å². The van der Waals surface area contributed by atoms with Gasteiger partial charge in [0.1, 0.15) is 0 Å². The maximum atomic E-state index is 2.44. The maximum Gasteiger partial charge on any atom is -0.0414 e. The lowest BCUT2D eigenvalue weighted by atomic mass is 9.83. The zero-order valence-electron chi connectivity index (χ0n) is 11.8. The van der Waals surface area contributed by atoms with Gasteiger partial charge in [0.05, 0.1) is 0 Å². The molecule has 0 saturated heterocycles. The van der Waals surface area contributed by atoms with Crippen LogP contribution in [0.3, 0.4) is 0 Å². The molecule has 0 saturated carbocycles. The van der Waals surface area contributed by atoms with Gasteiger partial charge in [0.15, 0.2) is 0 Å². The van der Waals surface area contributed by atoms with Crippen molar-refractivity contribution in [3.8, 4) is 0 Å². The van der Waals surface area contributed by atoms with Gasteiger partial charge in [0.2, 0.25) is 0 Å². The quantitative estimate of drug-likeness (QED) is 0.497. The molecule has 0 amide bonds. The molecule has 0 rings (SSSR count). The fourth-order valence-electron chi connectivity index (χ4n) is 2.36. The van der Waals surface area contributed by atoms with E-state index < -0.39 is 0 Å². The summed E-state index contributed by atoms with van der Waals surface area (Å²) >= 11 is 0. The van der Waals surface area contributed by atoms with Crippen LogP contribution in [0.5, 0.6) is 0 Å². The van der Waals surface area contributed by atoms with E-state index in [4.69, 9.17) is 0 Å². The van der Waals surface area contributed by atoms with E-state index in [0.29, 0.717) is 0 Å². The highest BCUT2D eigenvalue weighted by Gasteiger charge is 2.15. The van der Waals surface area contributed by atoms with Crippen LogP contribution in [-0.2, 0) is 0 Å². The van der Waals surface area contributed by atoms with E-state index >= 15 is 0 Å². The second-order valence-corrected chi connectivity index (χ2v) is 6.06. The Labute approximate surface area is 97.8 Å². The lowest BCUT2D eigenvalue weighted by molar-refractivity contribution is 0.278. The van der Waals surface area contributed by atoms with Crippen molar-refractivity contribution in [2.45, 2.75) is 73.6 Å². The zero-order chi connectivity index (χ0) is 11.8. The van der Waals surface area contributed by atoms with Crippen LogP contribution in [0.1, 0.15) is 73.6 Å². The molecule has 0 aliphatic carbocycles. The van der Waals surface area contributed by atoms with E-state index in [-0.39, 0.29) is 0 Å². The first-order valence-electron chi connectivity index (χ1n) is 6.97. The summed E-state index contributed by atoms with van der Waals surface area (Å²) in [6, 6.07) is 0. The van der Waals surface area contributed by atoms with Crippen molar-refractivity contribution in [3.63, 3.8) is 0 Å². The van der Waals surface area contributed by atoms with E-state index in [1.54, 1.807) is 0 Å². The molecule has 0 heterocycles. The van der Waals surface area contributed by atoms with Crippen molar-refractivity contribution in [1.82, 2.24) is 0 Å². The van der Waals surface area contributed by atoms with Gasteiger partial charge in [-0.3, -0.25) is 0 Å². The first-order valence-corrected chi connectivity index (χ1v) is 6.97. The average Bonchev–Trinajstić information content (AvgIpc) is 2.14. The van der Waals surface area contributed by atoms with E-state index in [0.717, 1.165) is 23.7 Å². The number of hydrogen-bond acceptors (Lipinski definition) is 0. The summed E-state index contributed by atoms with van der Waals surface area (Å²) in [4.78, 5) is 0. The lowest BCUT2D eigenvalue weighted by Gasteiger charge is -2.23. The monoisotopic (exact) mass is 212 g/mol. The highest BCUT2D eigenvalue weighted by atomic mass is 14.2. The second kappa shape index (κ2) is 8.19. The topological polar surface area (TPSA) is 0 Å².